The summed E-state index contributed by atoms with van der Waals surface area (Å²) in [7, 11) is 1.80. The Balaban J connectivity index is 2.79. The number of hydrogen-bond acceptors (Lipinski definition) is 3. The van der Waals surface area contributed by atoms with Crippen molar-refractivity contribution in [3.63, 3.8) is 0 Å². The molecule has 0 saturated heterocycles. The Morgan fingerprint density at radius 3 is 2.75 bits per heavy atom. The van der Waals surface area contributed by atoms with Crippen molar-refractivity contribution >= 4 is 5.84 Å². The lowest BCUT2D eigenvalue weighted by Crippen LogP contribution is -2.22. The van der Waals surface area contributed by atoms with Crippen LogP contribution in [0.15, 0.2) is 18.2 Å². The van der Waals surface area contributed by atoms with Gasteiger partial charge in [-0.15, -0.1) is 0 Å². The molecule has 88 valence electrons. The third-order valence-corrected chi connectivity index (χ3v) is 2.29. The molecule has 0 aliphatic heterocycles. The van der Waals surface area contributed by atoms with E-state index in [1.165, 1.54) is 6.07 Å². The molecule has 0 radical (unpaired) electrons. The van der Waals surface area contributed by atoms with E-state index in [1.807, 2.05) is 4.90 Å². The van der Waals surface area contributed by atoms with Gasteiger partial charge in [-0.2, -0.15) is 0 Å². The Morgan fingerprint density at radius 2 is 2.25 bits per heavy atom. The van der Waals surface area contributed by atoms with E-state index in [1.54, 1.807) is 19.2 Å². The average molecular weight is 225 g/mol. The minimum Gasteiger partial charge on any atom is -0.395 e. The van der Waals surface area contributed by atoms with E-state index in [4.69, 9.17) is 16.2 Å². The molecule has 0 amide bonds. The second-order valence-corrected chi connectivity index (χ2v) is 3.68. The van der Waals surface area contributed by atoms with Crippen molar-refractivity contribution in [2.75, 3.05) is 20.2 Å². The molecule has 4 nitrogen and oxygen atoms in total. The van der Waals surface area contributed by atoms with Gasteiger partial charge < -0.3 is 10.8 Å². The molecule has 0 fully saturated rings. The quantitative estimate of drug-likeness (QED) is 0.505. The number of likely N-dealkylation sites (N-methyl/N-ethyl adjacent to an activating group) is 1. The van der Waals surface area contributed by atoms with Crippen molar-refractivity contribution in [1.82, 2.24) is 4.90 Å². The SMILES string of the molecule is CN(CCO)Cc1ccc(C(=N)N)cc1F. The van der Waals surface area contributed by atoms with Crippen molar-refractivity contribution < 1.29 is 9.50 Å². The second kappa shape index (κ2) is 5.58. The van der Waals surface area contributed by atoms with Crippen LogP contribution in [0.3, 0.4) is 0 Å². The fourth-order valence-electron chi connectivity index (χ4n) is 1.38. The molecular formula is C11H16FN3O. The van der Waals surface area contributed by atoms with Gasteiger partial charge in [0.1, 0.15) is 11.7 Å². The van der Waals surface area contributed by atoms with Gasteiger partial charge >= 0.3 is 0 Å². The van der Waals surface area contributed by atoms with Crippen LogP contribution in [0.1, 0.15) is 11.1 Å². The first-order valence-corrected chi connectivity index (χ1v) is 4.97. The van der Waals surface area contributed by atoms with E-state index in [0.717, 1.165) is 0 Å². The van der Waals surface area contributed by atoms with E-state index in [-0.39, 0.29) is 18.3 Å². The minimum absolute atomic E-state index is 0.0453. The van der Waals surface area contributed by atoms with Gasteiger partial charge in [0.25, 0.3) is 0 Å². The number of aliphatic hydroxyl groups excluding tert-OH is 1. The molecule has 0 aromatic heterocycles. The van der Waals surface area contributed by atoms with Crippen LogP contribution >= 0.6 is 0 Å². The fraction of sp³-hybridized carbons (Fsp3) is 0.364. The third-order valence-electron chi connectivity index (χ3n) is 2.29. The highest BCUT2D eigenvalue weighted by Gasteiger charge is 2.07. The van der Waals surface area contributed by atoms with E-state index in [0.29, 0.717) is 24.2 Å². The predicted molar refractivity (Wildman–Crippen MR) is 60.8 cm³/mol. The van der Waals surface area contributed by atoms with E-state index in [9.17, 15) is 4.39 Å². The molecule has 0 aliphatic rings. The molecule has 4 N–H and O–H groups in total. The zero-order valence-corrected chi connectivity index (χ0v) is 9.20. The lowest BCUT2D eigenvalue weighted by Gasteiger charge is -2.15. The number of nitrogens with one attached hydrogen (secondary N) is 1. The van der Waals surface area contributed by atoms with E-state index < -0.39 is 0 Å². The largest absolute Gasteiger partial charge is 0.395 e. The lowest BCUT2D eigenvalue weighted by molar-refractivity contribution is 0.216. The standard InChI is InChI=1S/C11H16FN3O/c1-15(4-5-16)7-9-3-2-8(11(13)14)6-10(9)12/h2-3,6,16H,4-5,7H2,1H3,(H3,13,14). The summed E-state index contributed by atoms with van der Waals surface area (Å²) in [5.41, 5.74) is 6.16. The average Bonchev–Trinajstić information content (AvgIpc) is 2.21. The maximum Gasteiger partial charge on any atom is 0.128 e. The molecule has 1 aromatic carbocycles. The predicted octanol–water partition coefficient (Wildman–Crippen LogP) is 0.534. The summed E-state index contributed by atoms with van der Waals surface area (Å²) in [5.74, 6) is -0.522. The fourth-order valence-corrected chi connectivity index (χ4v) is 1.38. The highest BCUT2D eigenvalue weighted by molar-refractivity contribution is 5.94. The van der Waals surface area contributed by atoms with Gasteiger partial charge in [0.2, 0.25) is 0 Å². The number of benzene rings is 1. The minimum atomic E-state index is -0.377. The highest BCUT2D eigenvalue weighted by Crippen LogP contribution is 2.12. The number of halogens is 1. The summed E-state index contributed by atoms with van der Waals surface area (Å²) in [6.45, 7) is 0.960. The Labute approximate surface area is 94.0 Å². The van der Waals surface area contributed by atoms with Crippen LogP contribution in [0, 0.1) is 11.2 Å². The van der Waals surface area contributed by atoms with Crippen molar-refractivity contribution in [3.8, 4) is 0 Å². The molecular weight excluding hydrogens is 209 g/mol. The van der Waals surface area contributed by atoms with Gasteiger partial charge in [-0.1, -0.05) is 12.1 Å². The Bertz CT molecular complexity index is 381. The number of nitrogens with zero attached hydrogens (tertiary/aromatic N) is 1. The number of aliphatic hydroxyl groups is 1. The summed E-state index contributed by atoms with van der Waals surface area (Å²) in [4.78, 5) is 1.81. The van der Waals surface area contributed by atoms with Crippen LogP contribution in [0.5, 0.6) is 0 Å². The molecule has 16 heavy (non-hydrogen) atoms. The van der Waals surface area contributed by atoms with Gasteiger partial charge in [0.15, 0.2) is 0 Å². The van der Waals surface area contributed by atoms with Crippen LogP contribution in [0.2, 0.25) is 0 Å². The van der Waals surface area contributed by atoms with Crippen molar-refractivity contribution in [2.45, 2.75) is 6.54 Å². The molecule has 0 heterocycles. The van der Waals surface area contributed by atoms with Crippen molar-refractivity contribution in [2.24, 2.45) is 5.73 Å². The first-order valence-electron chi connectivity index (χ1n) is 4.97. The monoisotopic (exact) mass is 225 g/mol. The summed E-state index contributed by atoms with van der Waals surface area (Å²) >= 11 is 0. The summed E-state index contributed by atoms with van der Waals surface area (Å²) in [5, 5.41) is 15.9. The zero-order valence-electron chi connectivity index (χ0n) is 9.20. The maximum absolute atomic E-state index is 13.6. The Morgan fingerprint density at radius 1 is 1.56 bits per heavy atom. The maximum atomic E-state index is 13.6. The van der Waals surface area contributed by atoms with E-state index in [2.05, 4.69) is 0 Å². The van der Waals surface area contributed by atoms with E-state index >= 15 is 0 Å². The number of hydrogen-bond donors (Lipinski definition) is 3. The van der Waals surface area contributed by atoms with Gasteiger partial charge in [0.05, 0.1) is 6.61 Å². The van der Waals surface area contributed by atoms with Gasteiger partial charge in [-0.3, -0.25) is 10.3 Å². The van der Waals surface area contributed by atoms with Crippen LogP contribution in [-0.4, -0.2) is 36.0 Å². The Kier molecular flexibility index (Phi) is 4.39. The number of rotatable bonds is 5. The van der Waals surface area contributed by atoms with Crippen LogP contribution in [0.25, 0.3) is 0 Å². The smallest absolute Gasteiger partial charge is 0.128 e. The van der Waals surface area contributed by atoms with Crippen LogP contribution in [-0.2, 0) is 6.54 Å². The van der Waals surface area contributed by atoms with Crippen LogP contribution in [0.4, 0.5) is 4.39 Å². The molecule has 1 aromatic rings. The summed E-state index contributed by atoms with van der Waals surface area (Å²) in [6, 6.07) is 4.48. The summed E-state index contributed by atoms with van der Waals surface area (Å²) < 4.78 is 13.6. The molecule has 0 saturated carbocycles. The first-order chi connectivity index (χ1) is 7.54. The van der Waals surface area contributed by atoms with Crippen molar-refractivity contribution in [1.29, 1.82) is 5.41 Å². The molecule has 0 spiro atoms. The number of nitrogens with two attached hydrogens (primary N) is 1. The molecule has 0 bridgehead atoms. The second-order valence-electron chi connectivity index (χ2n) is 3.68. The number of nitrogen functional groups attached to an aromatic ring is 1. The molecule has 1 rings (SSSR count). The zero-order chi connectivity index (χ0) is 12.1. The van der Waals surface area contributed by atoms with Gasteiger partial charge in [-0.25, -0.2) is 4.39 Å². The third kappa shape index (κ3) is 3.29. The van der Waals surface area contributed by atoms with Crippen molar-refractivity contribution in [3.05, 3.63) is 35.1 Å². The highest BCUT2D eigenvalue weighted by atomic mass is 19.1. The summed E-state index contributed by atoms with van der Waals surface area (Å²) in [6.07, 6.45) is 0. The van der Waals surface area contributed by atoms with Gasteiger partial charge in [0, 0.05) is 24.2 Å². The number of amidine groups is 1. The topological polar surface area (TPSA) is 73.3 Å². The molecule has 0 aliphatic carbocycles. The van der Waals surface area contributed by atoms with Gasteiger partial charge in [-0.05, 0) is 13.1 Å². The Hall–Kier alpha value is -1.46. The molecule has 0 unspecified atom stereocenters. The normalized spacial score (nSPS) is 10.8. The van der Waals surface area contributed by atoms with Crippen LogP contribution < -0.4 is 5.73 Å². The first kappa shape index (κ1) is 12.6. The lowest BCUT2D eigenvalue weighted by atomic mass is 10.1. The molecule has 0 atom stereocenters. The molecule has 5 heteroatoms.